The van der Waals surface area contributed by atoms with E-state index in [2.05, 4.69) is 16.2 Å². The summed E-state index contributed by atoms with van der Waals surface area (Å²) in [4.78, 5) is 11.4. The predicted octanol–water partition coefficient (Wildman–Crippen LogP) is 2.60. The normalized spacial score (nSPS) is 27.7. The van der Waals surface area contributed by atoms with Crippen LogP contribution in [-0.2, 0) is 27.9 Å². The van der Waals surface area contributed by atoms with Gasteiger partial charge in [0.15, 0.2) is 0 Å². The number of aryl methyl sites for hydroxylation is 1. The topological polar surface area (TPSA) is 76.8 Å². The van der Waals surface area contributed by atoms with Gasteiger partial charge in [0.05, 0.1) is 24.5 Å². The molecule has 29 heavy (non-hydrogen) atoms. The van der Waals surface area contributed by atoms with Crippen molar-refractivity contribution < 1.29 is 32.5 Å². The van der Waals surface area contributed by atoms with Crippen molar-refractivity contribution in [1.82, 2.24) is 14.7 Å². The molecule has 1 spiro atoms. The van der Waals surface area contributed by atoms with Crippen molar-refractivity contribution in [1.29, 1.82) is 0 Å². The van der Waals surface area contributed by atoms with E-state index in [4.69, 9.17) is 19.4 Å². The van der Waals surface area contributed by atoms with Gasteiger partial charge in [-0.15, -0.1) is 0 Å². The van der Waals surface area contributed by atoms with Crippen LogP contribution in [0.3, 0.4) is 0 Å². The highest BCUT2D eigenvalue weighted by Crippen LogP contribution is 2.37. The fraction of sp³-hybridized carbons (Fsp3) is 0.789. The number of ether oxygens (including phenoxy) is 2. The third kappa shape index (κ3) is 6.68. The minimum atomic E-state index is -5.08. The molecule has 7 nitrogen and oxygen atoms in total. The van der Waals surface area contributed by atoms with E-state index < -0.39 is 12.1 Å². The maximum atomic E-state index is 10.6. The highest BCUT2D eigenvalue weighted by Gasteiger charge is 2.44. The van der Waals surface area contributed by atoms with E-state index in [1.54, 1.807) is 0 Å². The highest BCUT2D eigenvalue weighted by atomic mass is 19.4. The molecule has 3 aliphatic rings. The molecular weight excluding hydrogens is 391 g/mol. The third-order valence-electron chi connectivity index (χ3n) is 5.47. The lowest BCUT2D eigenvalue weighted by atomic mass is 9.89. The lowest BCUT2D eigenvalue weighted by molar-refractivity contribution is -0.192. The van der Waals surface area contributed by atoms with Gasteiger partial charge in [-0.25, -0.2) is 4.79 Å². The Morgan fingerprint density at radius 2 is 2.17 bits per heavy atom. The van der Waals surface area contributed by atoms with Crippen molar-refractivity contribution in [2.45, 2.75) is 56.5 Å². The number of rotatable bonds is 5. The number of carboxylic acid groups (broad SMARTS) is 1. The largest absolute Gasteiger partial charge is 0.490 e. The molecule has 3 fully saturated rings. The number of aliphatic carboxylic acids is 1. The monoisotopic (exact) mass is 419 g/mol. The SMILES string of the molecule is Cn1cc(CN2CCCC3(CC(OCC4CC4)CO3)C2)cn1.O=C(O)C(F)(F)F. The Kier molecular flexibility index (Phi) is 6.85. The lowest BCUT2D eigenvalue weighted by Gasteiger charge is -2.39. The molecule has 4 rings (SSSR count). The fourth-order valence-corrected chi connectivity index (χ4v) is 3.89. The molecule has 1 N–H and O–H groups in total. The van der Waals surface area contributed by atoms with Crippen LogP contribution in [0.2, 0.25) is 0 Å². The fourth-order valence-electron chi connectivity index (χ4n) is 3.89. The molecule has 10 heteroatoms. The Balaban J connectivity index is 0.000000298. The molecule has 0 bridgehead atoms. The number of hydrogen-bond donors (Lipinski definition) is 1. The molecule has 3 heterocycles. The Morgan fingerprint density at radius 1 is 1.45 bits per heavy atom. The van der Waals surface area contributed by atoms with Crippen molar-refractivity contribution in [3.8, 4) is 0 Å². The van der Waals surface area contributed by atoms with Gasteiger partial charge in [-0.05, 0) is 38.1 Å². The number of piperidine rings is 1. The number of halogens is 3. The van der Waals surface area contributed by atoms with Crippen LogP contribution in [0.4, 0.5) is 13.2 Å². The first kappa shape index (κ1) is 22.0. The first-order chi connectivity index (χ1) is 13.7. The molecule has 2 atom stereocenters. The molecule has 1 aromatic heterocycles. The summed E-state index contributed by atoms with van der Waals surface area (Å²) in [5.41, 5.74) is 1.33. The minimum absolute atomic E-state index is 0.0364. The minimum Gasteiger partial charge on any atom is -0.475 e. The summed E-state index contributed by atoms with van der Waals surface area (Å²) in [6.45, 7) is 4.91. The standard InChI is InChI=1S/C17H27N3O2.C2HF3O2/c1-19-9-15(8-18-19)10-20-6-2-5-17(13-20)7-16(12-22-17)21-11-14-3-4-14;3-2(4,5)1(6)7/h8-9,14,16H,2-7,10-13H2,1H3;(H,6,7). The van der Waals surface area contributed by atoms with Gasteiger partial charge in [-0.1, -0.05) is 0 Å². The van der Waals surface area contributed by atoms with Crippen LogP contribution in [-0.4, -0.2) is 69.9 Å². The molecule has 1 saturated carbocycles. The number of likely N-dealkylation sites (tertiary alicyclic amines) is 1. The van der Waals surface area contributed by atoms with Crippen LogP contribution in [0.25, 0.3) is 0 Å². The first-order valence-electron chi connectivity index (χ1n) is 9.91. The van der Waals surface area contributed by atoms with E-state index in [1.165, 1.54) is 31.2 Å². The summed E-state index contributed by atoms with van der Waals surface area (Å²) in [5.74, 6) is -1.92. The summed E-state index contributed by atoms with van der Waals surface area (Å²) in [6.07, 6.45) is 5.50. The van der Waals surface area contributed by atoms with Crippen LogP contribution < -0.4 is 0 Å². The van der Waals surface area contributed by atoms with Gasteiger partial charge in [-0.2, -0.15) is 18.3 Å². The van der Waals surface area contributed by atoms with E-state index in [0.29, 0.717) is 6.10 Å². The third-order valence-corrected chi connectivity index (χ3v) is 5.47. The van der Waals surface area contributed by atoms with Crippen LogP contribution in [0.15, 0.2) is 12.4 Å². The van der Waals surface area contributed by atoms with Crippen molar-refractivity contribution in [3.63, 3.8) is 0 Å². The molecule has 164 valence electrons. The van der Waals surface area contributed by atoms with E-state index in [-0.39, 0.29) is 5.60 Å². The second kappa shape index (κ2) is 9.01. The molecule has 1 aromatic rings. The van der Waals surface area contributed by atoms with Crippen molar-refractivity contribution in [3.05, 3.63) is 18.0 Å². The van der Waals surface area contributed by atoms with Gasteiger partial charge < -0.3 is 14.6 Å². The zero-order valence-corrected chi connectivity index (χ0v) is 16.5. The summed E-state index contributed by atoms with van der Waals surface area (Å²) in [6, 6.07) is 0. The molecule has 0 radical (unpaired) electrons. The second-order valence-electron chi connectivity index (χ2n) is 8.24. The lowest BCUT2D eigenvalue weighted by Crippen LogP contribution is -2.47. The maximum Gasteiger partial charge on any atom is 0.490 e. The maximum absolute atomic E-state index is 10.6. The summed E-state index contributed by atoms with van der Waals surface area (Å²) < 4.78 is 45.9. The van der Waals surface area contributed by atoms with Crippen molar-refractivity contribution in [2.24, 2.45) is 13.0 Å². The van der Waals surface area contributed by atoms with Gasteiger partial charge in [0.25, 0.3) is 0 Å². The van der Waals surface area contributed by atoms with Crippen molar-refractivity contribution >= 4 is 5.97 Å². The van der Waals surface area contributed by atoms with E-state index >= 15 is 0 Å². The van der Waals surface area contributed by atoms with Crippen molar-refractivity contribution in [2.75, 3.05) is 26.3 Å². The molecule has 1 aliphatic carbocycles. The predicted molar refractivity (Wildman–Crippen MR) is 97.2 cm³/mol. The molecule has 2 unspecified atom stereocenters. The zero-order chi connectivity index (χ0) is 21.1. The molecule has 2 saturated heterocycles. The molecule has 0 amide bonds. The number of carbonyl (C=O) groups is 1. The zero-order valence-electron chi connectivity index (χ0n) is 16.5. The van der Waals surface area contributed by atoms with E-state index in [1.807, 2.05) is 17.9 Å². The van der Waals surface area contributed by atoms with Gasteiger partial charge in [0.1, 0.15) is 0 Å². The van der Waals surface area contributed by atoms with E-state index in [0.717, 1.165) is 45.2 Å². The Bertz CT molecular complexity index is 692. The van der Waals surface area contributed by atoms with Crippen LogP contribution in [0.5, 0.6) is 0 Å². The van der Waals surface area contributed by atoms with E-state index in [9.17, 15) is 13.2 Å². The number of alkyl halides is 3. The summed E-state index contributed by atoms with van der Waals surface area (Å²) in [5, 5.41) is 11.4. The average molecular weight is 419 g/mol. The number of nitrogens with zero attached hydrogens (tertiary/aromatic N) is 3. The molecular formula is C19H28F3N3O4. The Labute approximate surface area is 167 Å². The van der Waals surface area contributed by atoms with Crippen LogP contribution in [0, 0.1) is 5.92 Å². The highest BCUT2D eigenvalue weighted by molar-refractivity contribution is 5.73. The van der Waals surface area contributed by atoms with Gasteiger partial charge in [0, 0.05) is 44.9 Å². The van der Waals surface area contributed by atoms with Gasteiger partial charge >= 0.3 is 12.1 Å². The first-order valence-corrected chi connectivity index (χ1v) is 9.91. The Morgan fingerprint density at radius 3 is 2.76 bits per heavy atom. The smallest absolute Gasteiger partial charge is 0.475 e. The number of aromatic nitrogens is 2. The number of hydrogen-bond acceptors (Lipinski definition) is 5. The average Bonchev–Trinajstić information content (AvgIpc) is 3.27. The van der Waals surface area contributed by atoms with Gasteiger partial charge in [-0.3, -0.25) is 9.58 Å². The molecule has 2 aliphatic heterocycles. The quantitative estimate of drug-likeness (QED) is 0.791. The Hall–Kier alpha value is -1.65. The second-order valence-corrected chi connectivity index (χ2v) is 8.24. The summed E-state index contributed by atoms with van der Waals surface area (Å²) in [7, 11) is 1.98. The summed E-state index contributed by atoms with van der Waals surface area (Å²) >= 11 is 0. The van der Waals surface area contributed by atoms with Gasteiger partial charge in [0.2, 0.25) is 0 Å². The molecule has 0 aromatic carbocycles. The number of carboxylic acids is 1. The van der Waals surface area contributed by atoms with Crippen LogP contribution >= 0.6 is 0 Å². The van der Waals surface area contributed by atoms with Crippen LogP contribution in [0.1, 0.15) is 37.7 Å².